The van der Waals surface area contributed by atoms with E-state index in [1.54, 1.807) is 7.11 Å². The molecule has 0 bridgehead atoms. The molecule has 0 aromatic heterocycles. The molecule has 0 saturated carbocycles. The Morgan fingerprint density at radius 1 is 1.04 bits per heavy atom. The molecule has 0 saturated heterocycles. The van der Waals surface area contributed by atoms with Crippen molar-refractivity contribution in [2.24, 2.45) is 0 Å². The number of benzene rings is 2. The zero-order chi connectivity index (χ0) is 19.9. The number of ether oxygens (including phenoxy) is 2. The molecule has 1 atom stereocenters. The van der Waals surface area contributed by atoms with Crippen LogP contribution in [0.4, 0.5) is 0 Å². The lowest BCUT2D eigenvalue weighted by atomic mass is 9.87. The van der Waals surface area contributed by atoms with Gasteiger partial charge < -0.3 is 14.4 Å². The molecule has 0 spiro atoms. The number of hydrogen-bond acceptors (Lipinski definition) is 4. The molecule has 4 heteroatoms. The topological polar surface area (TPSA) is 36.9 Å². The molecular weight excluding hydrogens is 340 g/mol. The summed E-state index contributed by atoms with van der Waals surface area (Å²) in [5.74, 6) is 2.03. The van der Waals surface area contributed by atoms with E-state index in [-0.39, 0.29) is 18.1 Å². The highest BCUT2D eigenvalue weighted by Crippen LogP contribution is 2.24. The van der Waals surface area contributed by atoms with Crippen molar-refractivity contribution in [2.45, 2.75) is 45.6 Å². The van der Waals surface area contributed by atoms with E-state index in [4.69, 9.17) is 19.2 Å². The van der Waals surface area contributed by atoms with Gasteiger partial charge in [0.1, 0.15) is 24.2 Å². The molecule has 2 rings (SSSR count). The van der Waals surface area contributed by atoms with Crippen molar-refractivity contribution in [2.75, 3.05) is 13.7 Å². The Balaban J connectivity index is 1.75. The van der Waals surface area contributed by atoms with Crippen LogP contribution >= 0.6 is 0 Å². The van der Waals surface area contributed by atoms with Gasteiger partial charge in [-0.1, -0.05) is 57.7 Å². The largest absolute Gasteiger partial charge is 0.496 e. The van der Waals surface area contributed by atoms with Crippen molar-refractivity contribution in [1.82, 2.24) is 0 Å². The fourth-order valence-corrected chi connectivity index (χ4v) is 2.60. The minimum Gasteiger partial charge on any atom is -0.496 e. The van der Waals surface area contributed by atoms with E-state index < -0.39 is 0 Å². The van der Waals surface area contributed by atoms with Gasteiger partial charge in [0.2, 0.25) is 0 Å². The van der Waals surface area contributed by atoms with Gasteiger partial charge in [0.05, 0.1) is 7.11 Å². The van der Waals surface area contributed by atoms with Gasteiger partial charge in [-0.15, -0.1) is 0 Å². The average molecular weight is 370 g/mol. The minimum atomic E-state index is -0.149. The molecule has 0 aliphatic heterocycles. The molecule has 0 fully saturated rings. The zero-order valence-electron chi connectivity index (χ0n) is 17.0. The maximum absolute atomic E-state index is 5.70. The molecule has 146 valence electrons. The summed E-state index contributed by atoms with van der Waals surface area (Å²) in [6.45, 7) is 12.6. The van der Waals surface area contributed by atoms with Gasteiger partial charge in [-0.2, -0.15) is 4.89 Å². The van der Waals surface area contributed by atoms with Crippen LogP contribution in [-0.4, -0.2) is 19.8 Å². The molecule has 0 aliphatic carbocycles. The standard InChI is InChI=1S/C23H30O4/c1-17(15-19-9-7-8-10-22(19)24-6)26-27-18(2)16-25-21-13-11-20(12-14-21)23(3,4)5/h7-14,17H,2,15-16H2,1,3-6H3/t17-/m1/s1. The summed E-state index contributed by atoms with van der Waals surface area (Å²) in [5.41, 5.74) is 2.45. The van der Waals surface area contributed by atoms with Gasteiger partial charge in [-0.3, -0.25) is 0 Å². The fourth-order valence-electron chi connectivity index (χ4n) is 2.60. The van der Waals surface area contributed by atoms with Crippen LogP contribution in [0.25, 0.3) is 0 Å². The average Bonchev–Trinajstić information content (AvgIpc) is 2.64. The van der Waals surface area contributed by atoms with Crippen LogP contribution in [0.5, 0.6) is 11.5 Å². The van der Waals surface area contributed by atoms with Crippen LogP contribution in [-0.2, 0) is 21.6 Å². The van der Waals surface area contributed by atoms with Crippen molar-refractivity contribution in [3.05, 3.63) is 72.0 Å². The van der Waals surface area contributed by atoms with Crippen molar-refractivity contribution >= 4 is 0 Å². The minimum absolute atomic E-state index is 0.122. The Kier molecular flexibility index (Phi) is 7.31. The predicted molar refractivity (Wildman–Crippen MR) is 108 cm³/mol. The smallest absolute Gasteiger partial charge is 0.172 e. The Morgan fingerprint density at radius 3 is 2.33 bits per heavy atom. The SMILES string of the molecule is C=C(COc1ccc(C(C)(C)C)cc1)OO[C@H](C)Cc1ccccc1OC. The Hall–Kier alpha value is -2.46. The van der Waals surface area contributed by atoms with Crippen LogP contribution in [0.2, 0.25) is 0 Å². The van der Waals surface area contributed by atoms with Gasteiger partial charge in [-0.05, 0) is 41.7 Å². The maximum Gasteiger partial charge on any atom is 0.172 e. The lowest BCUT2D eigenvalue weighted by Crippen LogP contribution is -2.14. The van der Waals surface area contributed by atoms with E-state index >= 15 is 0 Å². The first kappa shape index (κ1) is 20.8. The third-order valence-corrected chi connectivity index (χ3v) is 4.15. The second kappa shape index (κ2) is 9.47. The van der Waals surface area contributed by atoms with Gasteiger partial charge in [-0.25, -0.2) is 0 Å². The van der Waals surface area contributed by atoms with E-state index in [0.29, 0.717) is 12.2 Å². The van der Waals surface area contributed by atoms with Crippen molar-refractivity contribution in [3.8, 4) is 11.5 Å². The Morgan fingerprint density at radius 2 is 1.70 bits per heavy atom. The molecule has 0 radical (unpaired) electrons. The van der Waals surface area contributed by atoms with E-state index in [0.717, 1.165) is 17.1 Å². The van der Waals surface area contributed by atoms with Crippen molar-refractivity contribution in [1.29, 1.82) is 0 Å². The summed E-state index contributed by atoms with van der Waals surface area (Å²) < 4.78 is 11.1. The highest BCUT2D eigenvalue weighted by atomic mass is 17.2. The summed E-state index contributed by atoms with van der Waals surface area (Å²) in [5, 5.41) is 0. The third kappa shape index (κ3) is 6.65. The summed E-state index contributed by atoms with van der Waals surface area (Å²) in [6.07, 6.45) is 0.524. The van der Waals surface area contributed by atoms with Gasteiger partial charge in [0.25, 0.3) is 0 Å². The summed E-state index contributed by atoms with van der Waals surface area (Å²) >= 11 is 0. The van der Waals surface area contributed by atoms with Gasteiger partial charge in [0.15, 0.2) is 5.76 Å². The van der Waals surface area contributed by atoms with Crippen LogP contribution in [0.15, 0.2) is 60.9 Å². The highest BCUT2D eigenvalue weighted by molar-refractivity contribution is 5.33. The first-order valence-corrected chi connectivity index (χ1v) is 9.16. The lowest BCUT2D eigenvalue weighted by molar-refractivity contribution is -0.292. The third-order valence-electron chi connectivity index (χ3n) is 4.15. The van der Waals surface area contributed by atoms with E-state index in [9.17, 15) is 0 Å². The van der Waals surface area contributed by atoms with Gasteiger partial charge >= 0.3 is 0 Å². The number of methoxy groups -OCH3 is 1. The number of para-hydroxylation sites is 1. The van der Waals surface area contributed by atoms with E-state index in [2.05, 4.69) is 39.5 Å². The van der Waals surface area contributed by atoms with E-state index in [1.807, 2.05) is 43.3 Å². The highest BCUT2D eigenvalue weighted by Gasteiger charge is 2.13. The fraction of sp³-hybridized carbons (Fsp3) is 0.391. The molecule has 2 aromatic carbocycles. The molecule has 4 nitrogen and oxygen atoms in total. The number of hydrogen-bond donors (Lipinski definition) is 0. The molecule has 0 N–H and O–H groups in total. The maximum atomic E-state index is 5.70. The molecule has 0 heterocycles. The predicted octanol–water partition coefficient (Wildman–Crippen LogP) is 5.46. The van der Waals surface area contributed by atoms with Crippen LogP contribution in [0.1, 0.15) is 38.8 Å². The van der Waals surface area contributed by atoms with Crippen molar-refractivity contribution in [3.63, 3.8) is 0 Å². The molecular formula is C23H30O4. The second-order valence-corrected chi connectivity index (χ2v) is 7.61. The molecule has 0 amide bonds. The van der Waals surface area contributed by atoms with Crippen molar-refractivity contribution < 1.29 is 19.2 Å². The quantitative estimate of drug-likeness (QED) is 0.333. The molecule has 0 unspecified atom stereocenters. The zero-order valence-corrected chi connectivity index (χ0v) is 17.0. The molecule has 2 aromatic rings. The second-order valence-electron chi connectivity index (χ2n) is 7.61. The monoisotopic (exact) mass is 370 g/mol. The van der Waals surface area contributed by atoms with Crippen LogP contribution in [0, 0.1) is 0 Å². The normalized spacial score (nSPS) is 12.3. The Bertz CT molecular complexity index is 729. The first-order chi connectivity index (χ1) is 12.8. The molecule has 27 heavy (non-hydrogen) atoms. The van der Waals surface area contributed by atoms with E-state index in [1.165, 1.54) is 5.56 Å². The Labute approximate surface area is 162 Å². The van der Waals surface area contributed by atoms with Gasteiger partial charge in [0, 0.05) is 6.42 Å². The lowest BCUT2D eigenvalue weighted by Gasteiger charge is -2.19. The number of rotatable bonds is 9. The first-order valence-electron chi connectivity index (χ1n) is 9.16. The van der Waals surface area contributed by atoms with Crippen LogP contribution < -0.4 is 9.47 Å². The molecule has 0 aliphatic rings. The van der Waals surface area contributed by atoms with Crippen LogP contribution in [0.3, 0.4) is 0 Å². The summed E-state index contributed by atoms with van der Waals surface area (Å²) in [7, 11) is 1.66. The summed E-state index contributed by atoms with van der Waals surface area (Å²) in [6, 6.07) is 15.9. The summed E-state index contributed by atoms with van der Waals surface area (Å²) in [4.78, 5) is 10.7.